The third-order valence-electron chi connectivity index (χ3n) is 4.88. The van der Waals surface area contributed by atoms with Crippen LogP contribution < -0.4 is 57.1 Å². The number of carbonyl (C=O) groups excluding carboxylic acids is 2. The number of primary amides is 1. The molecule has 1 rings (SSSR count). The maximum absolute atomic E-state index is 12.4. The van der Waals surface area contributed by atoms with E-state index in [-0.39, 0.29) is 57.3 Å². The van der Waals surface area contributed by atoms with E-state index in [9.17, 15) is 22.8 Å². The van der Waals surface area contributed by atoms with Gasteiger partial charge < -0.3 is 20.3 Å². The summed E-state index contributed by atoms with van der Waals surface area (Å²) in [6, 6.07) is 7.18. The van der Waals surface area contributed by atoms with Gasteiger partial charge in [0, 0.05) is 16.2 Å². The van der Waals surface area contributed by atoms with Crippen LogP contribution in [0, 0.1) is 30.1 Å². The molecule has 0 unspecified atom stereocenters. The Hall–Kier alpha value is -0.964. The Morgan fingerprint density at radius 1 is 1.17 bits per heavy atom. The second-order valence-electron chi connectivity index (χ2n) is 9.61. The van der Waals surface area contributed by atoms with Crippen LogP contribution in [-0.4, -0.2) is 30.1 Å². The van der Waals surface area contributed by atoms with E-state index in [4.69, 9.17) is 11.0 Å². The molecule has 10 heteroatoms. The van der Waals surface area contributed by atoms with Gasteiger partial charge in [-0.05, 0) is 44.5 Å². The Labute approximate surface area is 297 Å². The Kier molecular flexibility index (Phi) is 31.9. The van der Waals surface area contributed by atoms with Crippen LogP contribution in [0.4, 0.5) is 13.2 Å². The number of aryl methyl sites for hydroxylation is 1. The van der Waals surface area contributed by atoms with Crippen molar-refractivity contribution in [2.24, 2.45) is 16.6 Å². The smallest absolute Gasteiger partial charge is 0.394 e. The quantitative estimate of drug-likeness (QED) is 0.140. The van der Waals surface area contributed by atoms with Crippen LogP contribution in [0.15, 0.2) is 39.3 Å². The maximum atomic E-state index is 12.4. The Morgan fingerprint density at radius 3 is 1.98 bits per heavy atom. The van der Waals surface area contributed by atoms with Crippen molar-refractivity contribution in [1.29, 1.82) is 5.26 Å². The van der Waals surface area contributed by atoms with Crippen molar-refractivity contribution in [1.82, 2.24) is 0 Å². The first-order valence-corrected chi connectivity index (χ1v) is 14.4. The molecular weight excluding hydrogens is 622 g/mol. The number of aliphatic imine (C=N–C) groups is 1. The zero-order valence-electron chi connectivity index (χ0n) is 26.5. The molecule has 0 heterocycles. The average Bonchev–Trinajstić information content (AvgIpc) is 2.84. The van der Waals surface area contributed by atoms with Crippen molar-refractivity contribution >= 4 is 33.8 Å². The fraction of sp³-hybridized carbons (Fsp3) is 0.581. The number of nitrogens with zero attached hydrogens (tertiary/aromatic N) is 2. The fourth-order valence-electron chi connectivity index (χ4n) is 3.02. The summed E-state index contributed by atoms with van der Waals surface area (Å²) in [6.45, 7) is 16.9. The van der Waals surface area contributed by atoms with Crippen LogP contribution in [0.2, 0.25) is 0 Å². The molecular formula is C31H47BrF3KN3O2-. The van der Waals surface area contributed by atoms with Crippen LogP contribution in [0.1, 0.15) is 105 Å². The third-order valence-corrected chi connectivity index (χ3v) is 5.37. The molecule has 1 amide bonds. The van der Waals surface area contributed by atoms with Crippen molar-refractivity contribution in [2.75, 3.05) is 0 Å². The number of alkyl halides is 3. The first-order valence-electron chi connectivity index (χ1n) is 13.6. The maximum Gasteiger partial charge on any atom is 1.00 e. The summed E-state index contributed by atoms with van der Waals surface area (Å²) in [7, 11) is 0. The van der Waals surface area contributed by atoms with E-state index >= 15 is 0 Å². The summed E-state index contributed by atoms with van der Waals surface area (Å²) in [5.41, 5.74) is 5.23. The summed E-state index contributed by atoms with van der Waals surface area (Å²) in [5.74, 6) is 1.20. The zero-order chi connectivity index (χ0) is 31.9. The normalized spacial score (nSPS) is 11.0. The van der Waals surface area contributed by atoms with Gasteiger partial charge in [0.25, 0.3) is 0 Å². The summed E-state index contributed by atoms with van der Waals surface area (Å²) in [6.07, 6.45) is 4.45. The Morgan fingerprint density at radius 2 is 1.71 bits per heavy atom. The van der Waals surface area contributed by atoms with E-state index < -0.39 is 23.5 Å². The summed E-state index contributed by atoms with van der Waals surface area (Å²) < 4.78 is 38.1. The van der Waals surface area contributed by atoms with Gasteiger partial charge in [0.1, 0.15) is 0 Å². The predicted octanol–water partition coefficient (Wildman–Crippen LogP) is 6.18. The molecule has 5 nitrogen and oxygen atoms in total. The van der Waals surface area contributed by atoms with Gasteiger partial charge in [-0.3, -0.25) is 5.92 Å². The number of hydrogen-bond acceptors (Lipinski definition) is 4. The van der Waals surface area contributed by atoms with Crippen LogP contribution in [0.3, 0.4) is 0 Å². The van der Waals surface area contributed by atoms with E-state index in [1.165, 1.54) is 46.3 Å². The largest absolute Gasteiger partial charge is 1.00 e. The van der Waals surface area contributed by atoms with Crippen molar-refractivity contribution in [3.63, 3.8) is 0 Å². The summed E-state index contributed by atoms with van der Waals surface area (Å²) >= 11 is 3.32. The second kappa shape index (κ2) is 27.8. The van der Waals surface area contributed by atoms with Gasteiger partial charge in [0.2, 0.25) is 0 Å². The molecule has 228 valence electrons. The van der Waals surface area contributed by atoms with Crippen molar-refractivity contribution in [3.8, 4) is 6.07 Å². The van der Waals surface area contributed by atoms with E-state index in [1.54, 1.807) is 6.07 Å². The third kappa shape index (κ3) is 26.4. The molecule has 2 N–H and O–H groups in total. The van der Waals surface area contributed by atoms with Crippen molar-refractivity contribution < 1.29 is 74.1 Å². The number of halogens is 4. The van der Waals surface area contributed by atoms with Crippen LogP contribution in [0.5, 0.6) is 0 Å². The van der Waals surface area contributed by atoms with Crippen molar-refractivity contribution in [2.45, 2.75) is 113 Å². The van der Waals surface area contributed by atoms with E-state index in [0.717, 1.165) is 46.9 Å². The fourth-order valence-corrected chi connectivity index (χ4v) is 3.50. The van der Waals surface area contributed by atoms with Crippen molar-refractivity contribution in [3.05, 3.63) is 51.4 Å². The molecule has 0 aliphatic carbocycles. The number of allylic oxidation sites excluding steroid dienone is 2. The first-order chi connectivity index (χ1) is 18.5. The van der Waals surface area contributed by atoms with Gasteiger partial charge in [0.15, 0.2) is 0 Å². The minimum absolute atomic E-state index is 0. The minimum atomic E-state index is -4.61. The number of unbranched alkanes of at least 4 members (excludes halogenated alkanes) is 2. The zero-order valence-corrected chi connectivity index (χ0v) is 31.2. The van der Waals surface area contributed by atoms with Gasteiger partial charge in [0.05, 0.1) is 23.8 Å². The molecule has 0 radical (unpaired) electrons. The van der Waals surface area contributed by atoms with E-state index in [1.807, 2.05) is 19.1 Å². The molecule has 41 heavy (non-hydrogen) atoms. The van der Waals surface area contributed by atoms with Crippen LogP contribution >= 0.6 is 15.9 Å². The molecule has 1 aromatic rings. The molecule has 0 saturated heterocycles. The summed E-state index contributed by atoms with van der Waals surface area (Å²) in [4.78, 5) is 24.4. The first kappa shape index (κ1) is 47.0. The molecule has 0 saturated carbocycles. The average molecular weight is 670 g/mol. The molecule has 0 fully saturated rings. The van der Waals surface area contributed by atoms with Gasteiger partial charge in [-0.15, -0.1) is 5.57 Å². The van der Waals surface area contributed by atoms with Gasteiger partial charge in [-0.2, -0.15) is 37.4 Å². The molecule has 0 spiro atoms. The molecule has 0 aliphatic rings. The summed E-state index contributed by atoms with van der Waals surface area (Å²) in [5, 5.41) is 8.54. The molecule has 0 atom stereocenters. The molecule has 0 aromatic heterocycles. The number of benzene rings is 1. The van der Waals surface area contributed by atoms with Crippen LogP contribution in [0.25, 0.3) is 0 Å². The Bertz CT molecular complexity index is 955. The number of nitrogens with two attached hydrogens (primary N) is 1. The van der Waals surface area contributed by atoms with Gasteiger partial charge in [-0.1, -0.05) is 89.1 Å². The van der Waals surface area contributed by atoms with Crippen LogP contribution in [-0.2, 0) is 9.59 Å². The van der Waals surface area contributed by atoms with Gasteiger partial charge in [-0.25, -0.2) is 0 Å². The number of carbonyl (C=O) groups is 1. The number of nitriles is 1. The van der Waals surface area contributed by atoms with E-state index in [2.05, 4.69) is 61.6 Å². The van der Waals surface area contributed by atoms with E-state index in [0.29, 0.717) is 5.92 Å². The molecule has 0 bridgehead atoms. The van der Waals surface area contributed by atoms with Gasteiger partial charge >= 0.3 is 57.6 Å². The standard InChI is InChI=1S/C9H11F3NO.C9H18NO.C8H6BrN.C5H12.K/c1-4-7(5-14)8(9(10,11)12)13-6(2)3;1-4-5-8(9(10)11)6-7(2)3;1-6-4-8(9)3-2-7(6)5-10;1-3-5-4-2;/h4,6H,1-3H3;7H,4-6H2,1-3H3,(H2,10,11);2-4H,1H3;3-5H2,1-2H3;/q2*-1;;;+1/b7-4-,13-8?;;;;. The molecule has 0 aliphatic heterocycles. The topological polar surface area (TPSA) is 96.3 Å². The Balaban J connectivity index is -0.000000231. The molecule has 1 aromatic carbocycles. The second-order valence-corrected chi connectivity index (χ2v) is 10.5. The number of hydrogen-bond donors (Lipinski definition) is 1. The number of amides is 1. The SMILES string of the molecule is C/C=C(/[C-]=O)C(=NC(C)C)C(F)(F)F.CCCCC.CCC[C-](CC(C)C)C(N)=O.Cc1cc(Br)ccc1C#N.[K+]. The monoisotopic (exact) mass is 668 g/mol. The minimum Gasteiger partial charge on any atom is -0.394 e. The predicted molar refractivity (Wildman–Crippen MR) is 164 cm³/mol. The number of rotatable bonds is 10.